The predicted molar refractivity (Wildman–Crippen MR) is 50.1 cm³/mol. The van der Waals surface area contributed by atoms with E-state index in [-0.39, 0.29) is 0 Å². The second kappa shape index (κ2) is 5.84. The standard InChI is InChI=1S/C9H19ClO/c1-7(2)9(4)11-6-8(3)5-10/h7-9H,5-6H2,1-4H3. The molecule has 0 heterocycles. The van der Waals surface area contributed by atoms with Crippen molar-refractivity contribution in [2.24, 2.45) is 11.8 Å². The summed E-state index contributed by atoms with van der Waals surface area (Å²) in [5.74, 6) is 1.75. The van der Waals surface area contributed by atoms with Crippen molar-refractivity contribution in [1.29, 1.82) is 0 Å². The van der Waals surface area contributed by atoms with E-state index in [0.29, 0.717) is 23.8 Å². The fraction of sp³-hybridized carbons (Fsp3) is 1.00. The molecule has 1 nitrogen and oxygen atoms in total. The highest BCUT2D eigenvalue weighted by atomic mass is 35.5. The summed E-state index contributed by atoms with van der Waals surface area (Å²) < 4.78 is 5.57. The summed E-state index contributed by atoms with van der Waals surface area (Å²) in [6.45, 7) is 9.31. The molecule has 0 aliphatic carbocycles. The minimum atomic E-state index is 0.348. The molecule has 0 saturated carbocycles. The highest BCUT2D eigenvalue weighted by molar-refractivity contribution is 6.18. The van der Waals surface area contributed by atoms with Crippen molar-refractivity contribution in [1.82, 2.24) is 0 Å². The van der Waals surface area contributed by atoms with Crippen molar-refractivity contribution in [3.8, 4) is 0 Å². The lowest BCUT2D eigenvalue weighted by Gasteiger charge is -2.18. The van der Waals surface area contributed by atoms with Crippen molar-refractivity contribution in [3.05, 3.63) is 0 Å². The number of hydrogen-bond acceptors (Lipinski definition) is 1. The Kier molecular flexibility index (Phi) is 5.98. The Morgan fingerprint density at radius 3 is 2.09 bits per heavy atom. The van der Waals surface area contributed by atoms with Crippen LogP contribution in [-0.4, -0.2) is 18.6 Å². The third-order valence-corrected chi connectivity index (χ3v) is 2.37. The molecule has 0 bridgehead atoms. The maximum Gasteiger partial charge on any atom is 0.0570 e. The molecule has 0 aromatic rings. The first-order chi connectivity index (χ1) is 5.07. The van der Waals surface area contributed by atoms with Crippen LogP contribution in [0.25, 0.3) is 0 Å². The molecule has 2 unspecified atom stereocenters. The number of ether oxygens (including phenoxy) is 1. The molecule has 0 rings (SSSR count). The van der Waals surface area contributed by atoms with Gasteiger partial charge in [-0.2, -0.15) is 0 Å². The molecule has 0 aliphatic heterocycles. The SMILES string of the molecule is CC(CCl)COC(C)C(C)C. The summed E-state index contributed by atoms with van der Waals surface area (Å²) in [5, 5.41) is 0. The van der Waals surface area contributed by atoms with Crippen molar-refractivity contribution < 1.29 is 4.74 Å². The first-order valence-corrected chi connectivity index (χ1v) is 4.79. The van der Waals surface area contributed by atoms with Crippen LogP contribution in [0.5, 0.6) is 0 Å². The largest absolute Gasteiger partial charge is 0.378 e. The summed E-state index contributed by atoms with van der Waals surface area (Å²) in [5.41, 5.74) is 0. The van der Waals surface area contributed by atoms with Crippen molar-refractivity contribution in [2.75, 3.05) is 12.5 Å². The normalized spacial score (nSPS) is 16.9. The molecule has 68 valence electrons. The average Bonchev–Trinajstić information content (AvgIpc) is 1.99. The van der Waals surface area contributed by atoms with Gasteiger partial charge in [-0.15, -0.1) is 11.6 Å². The van der Waals surface area contributed by atoms with Crippen molar-refractivity contribution >= 4 is 11.6 Å². The number of rotatable bonds is 5. The number of hydrogen-bond donors (Lipinski definition) is 0. The van der Waals surface area contributed by atoms with E-state index in [1.165, 1.54) is 0 Å². The minimum Gasteiger partial charge on any atom is -0.378 e. The van der Waals surface area contributed by atoms with Gasteiger partial charge in [-0.05, 0) is 18.8 Å². The van der Waals surface area contributed by atoms with Crippen molar-refractivity contribution in [2.45, 2.75) is 33.8 Å². The zero-order chi connectivity index (χ0) is 8.85. The lowest BCUT2D eigenvalue weighted by atomic mass is 10.1. The van der Waals surface area contributed by atoms with Crippen LogP contribution >= 0.6 is 11.6 Å². The highest BCUT2D eigenvalue weighted by Gasteiger charge is 2.08. The third kappa shape index (κ3) is 5.51. The molecule has 11 heavy (non-hydrogen) atoms. The van der Waals surface area contributed by atoms with E-state index in [2.05, 4.69) is 27.7 Å². The Balaban J connectivity index is 3.37. The van der Waals surface area contributed by atoms with Crippen LogP contribution in [0.4, 0.5) is 0 Å². The van der Waals surface area contributed by atoms with Gasteiger partial charge >= 0.3 is 0 Å². The van der Waals surface area contributed by atoms with Crippen LogP contribution < -0.4 is 0 Å². The maximum atomic E-state index is 5.64. The topological polar surface area (TPSA) is 9.23 Å². The lowest BCUT2D eigenvalue weighted by molar-refractivity contribution is 0.0205. The van der Waals surface area contributed by atoms with Crippen LogP contribution in [0.15, 0.2) is 0 Å². The fourth-order valence-electron chi connectivity index (χ4n) is 0.553. The quantitative estimate of drug-likeness (QED) is 0.589. The van der Waals surface area contributed by atoms with Crippen LogP contribution in [0.2, 0.25) is 0 Å². The second-order valence-corrected chi connectivity index (χ2v) is 3.85. The molecule has 0 aromatic heterocycles. The third-order valence-electron chi connectivity index (χ3n) is 1.85. The van der Waals surface area contributed by atoms with Gasteiger partial charge < -0.3 is 4.74 Å². The van der Waals surface area contributed by atoms with E-state index in [1.54, 1.807) is 0 Å². The van der Waals surface area contributed by atoms with Crippen LogP contribution in [0.1, 0.15) is 27.7 Å². The Morgan fingerprint density at radius 1 is 1.18 bits per heavy atom. The van der Waals surface area contributed by atoms with Gasteiger partial charge in [-0.25, -0.2) is 0 Å². The van der Waals surface area contributed by atoms with E-state index in [9.17, 15) is 0 Å². The predicted octanol–water partition coefficient (Wildman–Crippen LogP) is 2.92. The summed E-state index contributed by atoms with van der Waals surface area (Å²) in [6, 6.07) is 0. The van der Waals surface area contributed by atoms with E-state index < -0.39 is 0 Å². The minimum absolute atomic E-state index is 0.348. The molecule has 0 aliphatic rings. The maximum absolute atomic E-state index is 5.64. The molecular formula is C9H19ClO. The molecule has 0 fully saturated rings. The van der Waals surface area contributed by atoms with Gasteiger partial charge in [0, 0.05) is 5.88 Å². The van der Waals surface area contributed by atoms with Crippen LogP contribution in [0.3, 0.4) is 0 Å². The van der Waals surface area contributed by atoms with E-state index in [0.717, 1.165) is 6.61 Å². The molecule has 0 spiro atoms. The summed E-state index contributed by atoms with van der Waals surface area (Å²) in [7, 11) is 0. The van der Waals surface area contributed by atoms with Gasteiger partial charge in [0.25, 0.3) is 0 Å². The van der Waals surface area contributed by atoms with Gasteiger partial charge in [-0.1, -0.05) is 20.8 Å². The average molecular weight is 179 g/mol. The molecule has 0 aromatic carbocycles. The van der Waals surface area contributed by atoms with Gasteiger partial charge in [0.05, 0.1) is 12.7 Å². The Labute approximate surface area is 75.1 Å². The first-order valence-electron chi connectivity index (χ1n) is 4.25. The van der Waals surface area contributed by atoms with Gasteiger partial charge in [0.1, 0.15) is 0 Å². The summed E-state index contributed by atoms with van der Waals surface area (Å²) >= 11 is 5.64. The monoisotopic (exact) mass is 178 g/mol. The Morgan fingerprint density at radius 2 is 1.73 bits per heavy atom. The molecule has 0 amide bonds. The molecule has 0 radical (unpaired) electrons. The summed E-state index contributed by atoms with van der Waals surface area (Å²) in [6.07, 6.45) is 0.348. The van der Waals surface area contributed by atoms with Crippen LogP contribution in [-0.2, 0) is 4.74 Å². The fourth-order valence-corrected chi connectivity index (χ4v) is 0.642. The van der Waals surface area contributed by atoms with Gasteiger partial charge in [0.15, 0.2) is 0 Å². The smallest absolute Gasteiger partial charge is 0.0570 e. The van der Waals surface area contributed by atoms with E-state index in [4.69, 9.17) is 16.3 Å². The Hall–Kier alpha value is 0.250. The van der Waals surface area contributed by atoms with E-state index >= 15 is 0 Å². The van der Waals surface area contributed by atoms with Gasteiger partial charge in [-0.3, -0.25) is 0 Å². The van der Waals surface area contributed by atoms with Crippen LogP contribution in [0, 0.1) is 11.8 Å². The number of alkyl halides is 1. The lowest BCUT2D eigenvalue weighted by Crippen LogP contribution is -2.19. The molecule has 0 N–H and O–H groups in total. The first kappa shape index (κ1) is 11.2. The summed E-state index contributed by atoms with van der Waals surface area (Å²) in [4.78, 5) is 0. The number of halogens is 1. The van der Waals surface area contributed by atoms with Gasteiger partial charge in [0.2, 0.25) is 0 Å². The molecular weight excluding hydrogens is 160 g/mol. The molecule has 2 atom stereocenters. The van der Waals surface area contributed by atoms with Crippen molar-refractivity contribution in [3.63, 3.8) is 0 Å². The zero-order valence-electron chi connectivity index (χ0n) is 7.93. The Bertz CT molecular complexity index is 93.6. The highest BCUT2D eigenvalue weighted by Crippen LogP contribution is 2.08. The van der Waals surface area contributed by atoms with E-state index in [1.807, 2.05) is 0 Å². The second-order valence-electron chi connectivity index (χ2n) is 3.54. The zero-order valence-corrected chi connectivity index (χ0v) is 8.69. The molecule has 0 saturated heterocycles. The molecule has 2 heteroatoms.